The van der Waals surface area contributed by atoms with E-state index in [0.29, 0.717) is 11.4 Å². The highest BCUT2D eigenvalue weighted by Gasteiger charge is 2.36. The zero-order chi connectivity index (χ0) is 13.9. The summed E-state index contributed by atoms with van der Waals surface area (Å²) in [7, 11) is 0. The van der Waals surface area contributed by atoms with Gasteiger partial charge in [0.2, 0.25) is 0 Å². The zero-order valence-corrected chi connectivity index (χ0v) is 12.5. The fourth-order valence-electron chi connectivity index (χ4n) is 2.78. The average Bonchev–Trinajstić information content (AvgIpc) is 2.36. The van der Waals surface area contributed by atoms with Gasteiger partial charge in [0.25, 0.3) is 0 Å². The topological polar surface area (TPSA) is 29.5 Å². The molecule has 0 saturated heterocycles. The molecule has 0 bridgehead atoms. The molecule has 0 radical (unpaired) electrons. The molecule has 2 nitrogen and oxygen atoms in total. The summed E-state index contributed by atoms with van der Waals surface area (Å²) in [5.41, 5.74) is 0.562. The van der Waals surface area contributed by atoms with E-state index in [-0.39, 0.29) is 5.60 Å². The molecule has 1 unspecified atom stereocenters. The van der Waals surface area contributed by atoms with Crippen LogP contribution >= 0.6 is 11.6 Å². The summed E-state index contributed by atoms with van der Waals surface area (Å²) >= 11 is 5.96. The number of rotatable bonds is 5. The maximum Gasteiger partial charge on any atom is 0.126 e. The highest BCUT2D eigenvalue weighted by atomic mass is 35.5. The molecule has 0 amide bonds. The lowest BCUT2D eigenvalue weighted by atomic mass is 9.86. The van der Waals surface area contributed by atoms with Crippen LogP contribution in [-0.4, -0.2) is 10.7 Å². The number of hydrogen-bond acceptors (Lipinski definition) is 2. The molecule has 0 saturated carbocycles. The van der Waals surface area contributed by atoms with Crippen molar-refractivity contribution in [3.8, 4) is 5.75 Å². The van der Waals surface area contributed by atoms with Crippen LogP contribution in [0.2, 0.25) is 5.02 Å². The van der Waals surface area contributed by atoms with Gasteiger partial charge in [-0.15, -0.1) is 0 Å². The van der Waals surface area contributed by atoms with Gasteiger partial charge in [-0.1, -0.05) is 37.8 Å². The lowest BCUT2D eigenvalue weighted by Gasteiger charge is -2.38. The number of benzene rings is 1. The normalized spacial score (nSPS) is 25.8. The quantitative estimate of drug-likeness (QED) is 0.780. The van der Waals surface area contributed by atoms with Gasteiger partial charge in [-0.25, -0.2) is 0 Å². The summed E-state index contributed by atoms with van der Waals surface area (Å²) in [6.45, 7) is 4.31. The fourth-order valence-corrected chi connectivity index (χ4v) is 2.96. The standard InChI is InChI=1S/C16H23ClO2/c1-3-4-5-6-9-16(2)11-14(18)13-10-12(17)7-8-15(13)19-16/h7-8,10,14,18H,3-6,9,11H2,1-2H3/t14-,16?/m1/s1. The maximum absolute atomic E-state index is 10.3. The summed E-state index contributed by atoms with van der Waals surface area (Å²) in [5, 5.41) is 10.9. The summed E-state index contributed by atoms with van der Waals surface area (Å²) in [4.78, 5) is 0. The van der Waals surface area contributed by atoms with Crippen LogP contribution in [0.3, 0.4) is 0 Å². The van der Waals surface area contributed by atoms with Crippen molar-refractivity contribution in [1.29, 1.82) is 0 Å². The van der Waals surface area contributed by atoms with Crippen molar-refractivity contribution in [3.05, 3.63) is 28.8 Å². The molecule has 1 aromatic carbocycles. The molecule has 0 aromatic heterocycles. The fraction of sp³-hybridized carbons (Fsp3) is 0.625. The molecule has 1 heterocycles. The Labute approximate surface area is 120 Å². The van der Waals surface area contributed by atoms with E-state index in [0.717, 1.165) is 24.2 Å². The first-order valence-electron chi connectivity index (χ1n) is 7.20. The van der Waals surface area contributed by atoms with Gasteiger partial charge in [0.05, 0.1) is 6.10 Å². The smallest absolute Gasteiger partial charge is 0.126 e. The van der Waals surface area contributed by atoms with E-state index in [1.54, 1.807) is 6.07 Å². The monoisotopic (exact) mass is 282 g/mol. The van der Waals surface area contributed by atoms with E-state index in [9.17, 15) is 5.11 Å². The second kappa shape index (κ2) is 6.15. The van der Waals surface area contributed by atoms with Gasteiger partial charge in [-0.3, -0.25) is 0 Å². The molecule has 106 valence electrons. The van der Waals surface area contributed by atoms with Crippen LogP contribution in [-0.2, 0) is 0 Å². The Balaban J connectivity index is 2.04. The number of halogens is 1. The predicted molar refractivity (Wildman–Crippen MR) is 78.8 cm³/mol. The van der Waals surface area contributed by atoms with Gasteiger partial charge in [0.15, 0.2) is 0 Å². The number of aliphatic hydroxyl groups is 1. The molecule has 0 aliphatic carbocycles. The Kier molecular flexibility index (Phi) is 4.75. The lowest BCUT2D eigenvalue weighted by Crippen LogP contribution is -2.38. The number of ether oxygens (including phenoxy) is 1. The lowest BCUT2D eigenvalue weighted by molar-refractivity contribution is -0.00847. The molecule has 1 N–H and O–H groups in total. The van der Waals surface area contributed by atoms with E-state index >= 15 is 0 Å². The van der Waals surface area contributed by atoms with E-state index in [1.807, 2.05) is 12.1 Å². The second-order valence-corrected chi connectivity index (χ2v) is 6.20. The van der Waals surface area contributed by atoms with Crippen LogP contribution in [0.15, 0.2) is 18.2 Å². The van der Waals surface area contributed by atoms with Gasteiger partial charge >= 0.3 is 0 Å². The number of hydrogen-bond donors (Lipinski definition) is 1. The number of unbranched alkanes of at least 4 members (excludes halogenated alkanes) is 3. The van der Waals surface area contributed by atoms with Gasteiger partial charge in [-0.2, -0.15) is 0 Å². The summed E-state index contributed by atoms with van der Waals surface area (Å²) < 4.78 is 6.11. The molecule has 1 aliphatic heterocycles. The molecular weight excluding hydrogens is 260 g/mol. The summed E-state index contributed by atoms with van der Waals surface area (Å²) in [5.74, 6) is 0.779. The van der Waals surface area contributed by atoms with Crippen molar-refractivity contribution in [2.45, 2.75) is 64.1 Å². The van der Waals surface area contributed by atoms with Crippen LogP contribution in [0.1, 0.15) is 64.0 Å². The van der Waals surface area contributed by atoms with Crippen molar-refractivity contribution in [2.24, 2.45) is 0 Å². The molecule has 0 fully saturated rings. The van der Waals surface area contributed by atoms with Crippen LogP contribution in [0.5, 0.6) is 5.75 Å². The van der Waals surface area contributed by atoms with Crippen LogP contribution in [0, 0.1) is 0 Å². The molecule has 3 heteroatoms. The maximum atomic E-state index is 10.3. The number of fused-ring (bicyclic) bond motifs is 1. The first-order chi connectivity index (χ1) is 9.04. The third-order valence-corrected chi connectivity index (χ3v) is 4.11. The summed E-state index contributed by atoms with van der Waals surface area (Å²) in [6, 6.07) is 5.48. The van der Waals surface area contributed by atoms with E-state index < -0.39 is 6.10 Å². The van der Waals surface area contributed by atoms with E-state index in [4.69, 9.17) is 16.3 Å². The minimum absolute atomic E-state index is 0.256. The largest absolute Gasteiger partial charge is 0.487 e. The zero-order valence-electron chi connectivity index (χ0n) is 11.8. The Hall–Kier alpha value is -0.730. The molecule has 19 heavy (non-hydrogen) atoms. The van der Waals surface area contributed by atoms with Gasteiger partial charge in [0, 0.05) is 17.0 Å². The summed E-state index contributed by atoms with van der Waals surface area (Å²) in [6.07, 6.45) is 6.06. The van der Waals surface area contributed by atoms with Crippen molar-refractivity contribution < 1.29 is 9.84 Å². The minimum atomic E-state index is -0.473. The van der Waals surface area contributed by atoms with Crippen molar-refractivity contribution in [1.82, 2.24) is 0 Å². The molecule has 0 spiro atoms. The highest BCUT2D eigenvalue weighted by molar-refractivity contribution is 6.30. The Morgan fingerprint density at radius 2 is 2.16 bits per heavy atom. The Morgan fingerprint density at radius 3 is 2.89 bits per heavy atom. The van der Waals surface area contributed by atoms with Crippen molar-refractivity contribution >= 4 is 11.6 Å². The average molecular weight is 283 g/mol. The molecule has 2 rings (SSSR count). The van der Waals surface area contributed by atoms with E-state index in [1.165, 1.54) is 19.3 Å². The van der Waals surface area contributed by atoms with Crippen LogP contribution in [0.25, 0.3) is 0 Å². The molecule has 2 atom stereocenters. The highest BCUT2D eigenvalue weighted by Crippen LogP contribution is 2.42. The third kappa shape index (κ3) is 3.64. The first-order valence-corrected chi connectivity index (χ1v) is 7.58. The SMILES string of the molecule is CCCCCCC1(C)C[C@@H](O)c2cc(Cl)ccc2O1. The Bertz CT molecular complexity index is 433. The second-order valence-electron chi connectivity index (χ2n) is 5.76. The third-order valence-electron chi connectivity index (χ3n) is 3.87. The Morgan fingerprint density at radius 1 is 1.37 bits per heavy atom. The van der Waals surface area contributed by atoms with Crippen molar-refractivity contribution in [2.75, 3.05) is 0 Å². The van der Waals surface area contributed by atoms with Crippen molar-refractivity contribution in [3.63, 3.8) is 0 Å². The van der Waals surface area contributed by atoms with E-state index in [2.05, 4.69) is 13.8 Å². The number of aliphatic hydroxyl groups excluding tert-OH is 1. The van der Waals surface area contributed by atoms with Gasteiger partial charge in [-0.05, 0) is 38.0 Å². The molecule has 1 aromatic rings. The van der Waals surface area contributed by atoms with Gasteiger partial charge < -0.3 is 9.84 Å². The van der Waals surface area contributed by atoms with Crippen LogP contribution in [0.4, 0.5) is 0 Å². The predicted octanol–water partition coefficient (Wildman–Crippen LogP) is 4.89. The van der Waals surface area contributed by atoms with Gasteiger partial charge in [0.1, 0.15) is 11.4 Å². The molecule has 1 aliphatic rings. The first kappa shape index (κ1) is 14.7. The molecular formula is C16H23ClO2. The minimum Gasteiger partial charge on any atom is -0.487 e. The van der Waals surface area contributed by atoms with Crippen LogP contribution < -0.4 is 4.74 Å².